The topological polar surface area (TPSA) is 64.6 Å². The van der Waals surface area contributed by atoms with Crippen molar-refractivity contribution in [1.82, 2.24) is 4.72 Å². The maximum absolute atomic E-state index is 12.1. The fraction of sp³-hybridized carbons (Fsp3) is 0.500. The van der Waals surface area contributed by atoms with Crippen molar-refractivity contribution in [3.63, 3.8) is 0 Å². The highest BCUT2D eigenvalue weighted by atomic mass is 32.2. The van der Waals surface area contributed by atoms with Gasteiger partial charge < -0.3 is 9.47 Å². The van der Waals surface area contributed by atoms with Gasteiger partial charge in [-0.2, -0.15) is 0 Å². The fourth-order valence-corrected chi connectivity index (χ4v) is 3.18. The minimum atomic E-state index is -3.58. The maximum atomic E-state index is 12.1. The molecule has 0 saturated heterocycles. The van der Waals surface area contributed by atoms with Gasteiger partial charge in [-0.15, -0.1) is 0 Å². The second-order valence-corrected chi connectivity index (χ2v) is 5.88. The van der Waals surface area contributed by atoms with E-state index in [-0.39, 0.29) is 10.9 Å². The Morgan fingerprint density at radius 3 is 2.22 bits per heavy atom. The third kappa shape index (κ3) is 2.94. The quantitative estimate of drug-likeness (QED) is 0.887. The summed E-state index contributed by atoms with van der Waals surface area (Å²) in [6, 6.07) is 2.92. The van der Waals surface area contributed by atoms with Crippen LogP contribution in [-0.4, -0.2) is 28.7 Å². The Balaban J connectivity index is 3.38. The smallest absolute Gasteiger partial charge is 0.244 e. The molecule has 1 N–H and O–H groups in total. The lowest BCUT2D eigenvalue weighted by molar-refractivity contribution is 0.380. The Labute approximate surface area is 108 Å². The minimum absolute atomic E-state index is 0.122. The summed E-state index contributed by atoms with van der Waals surface area (Å²) in [6.45, 7) is 5.28. The number of ether oxygens (including phenoxy) is 2. The van der Waals surface area contributed by atoms with Crippen LogP contribution in [0.2, 0.25) is 0 Å². The number of hydrogen-bond donors (Lipinski definition) is 1. The lowest BCUT2D eigenvalue weighted by atomic mass is 10.2. The molecule has 0 unspecified atom stereocenters. The van der Waals surface area contributed by atoms with Gasteiger partial charge in [0.2, 0.25) is 10.0 Å². The Kier molecular flexibility index (Phi) is 4.59. The maximum Gasteiger partial charge on any atom is 0.244 e. The second kappa shape index (κ2) is 5.58. The molecule has 6 heteroatoms. The summed E-state index contributed by atoms with van der Waals surface area (Å²) in [5.74, 6) is 0.901. The van der Waals surface area contributed by atoms with Gasteiger partial charge >= 0.3 is 0 Å². The second-order valence-electron chi connectivity index (χ2n) is 4.20. The summed E-state index contributed by atoms with van der Waals surface area (Å²) < 4.78 is 37.1. The Bertz CT molecular complexity index is 523. The van der Waals surface area contributed by atoms with E-state index < -0.39 is 10.0 Å². The number of hydrogen-bond acceptors (Lipinski definition) is 4. The van der Waals surface area contributed by atoms with Crippen molar-refractivity contribution in [3.8, 4) is 11.5 Å². The van der Waals surface area contributed by atoms with Crippen LogP contribution in [0.4, 0.5) is 0 Å². The van der Waals surface area contributed by atoms with E-state index in [1.54, 1.807) is 26.8 Å². The average molecular weight is 273 g/mol. The summed E-state index contributed by atoms with van der Waals surface area (Å²) in [5.41, 5.74) is 0.659. The van der Waals surface area contributed by atoms with Crippen LogP contribution in [0.15, 0.2) is 17.0 Å². The van der Waals surface area contributed by atoms with Crippen LogP contribution in [0.1, 0.15) is 19.4 Å². The van der Waals surface area contributed by atoms with Crippen molar-refractivity contribution in [2.75, 3.05) is 14.2 Å². The molecule has 0 spiro atoms. The molecule has 0 fully saturated rings. The number of benzene rings is 1. The molecule has 0 radical (unpaired) electrons. The van der Waals surface area contributed by atoms with Gasteiger partial charge in [0.15, 0.2) is 0 Å². The van der Waals surface area contributed by atoms with Crippen molar-refractivity contribution in [2.45, 2.75) is 31.7 Å². The molecular formula is C12H19NO4S. The first-order valence-electron chi connectivity index (χ1n) is 5.57. The highest BCUT2D eigenvalue weighted by molar-refractivity contribution is 7.89. The van der Waals surface area contributed by atoms with Gasteiger partial charge in [-0.25, -0.2) is 13.1 Å². The van der Waals surface area contributed by atoms with E-state index in [4.69, 9.17) is 9.47 Å². The predicted octanol–water partition coefficient (Wildman–Crippen LogP) is 1.70. The third-order valence-corrected chi connectivity index (χ3v) is 4.11. The van der Waals surface area contributed by atoms with Crippen molar-refractivity contribution in [2.24, 2.45) is 0 Å². The van der Waals surface area contributed by atoms with Crippen LogP contribution in [0.5, 0.6) is 11.5 Å². The average Bonchev–Trinajstić information content (AvgIpc) is 2.26. The third-order valence-electron chi connectivity index (χ3n) is 2.42. The summed E-state index contributed by atoms with van der Waals surface area (Å²) in [6.07, 6.45) is 0. The highest BCUT2D eigenvalue weighted by Crippen LogP contribution is 2.33. The lowest BCUT2D eigenvalue weighted by Gasteiger charge is -2.16. The van der Waals surface area contributed by atoms with E-state index in [9.17, 15) is 8.42 Å². The number of sulfonamides is 1. The van der Waals surface area contributed by atoms with Crippen LogP contribution in [-0.2, 0) is 10.0 Å². The molecule has 0 aliphatic carbocycles. The summed E-state index contributed by atoms with van der Waals surface area (Å²) in [4.78, 5) is 0.122. The molecule has 0 atom stereocenters. The van der Waals surface area contributed by atoms with Gasteiger partial charge in [0.25, 0.3) is 0 Å². The Hall–Kier alpha value is -1.27. The molecule has 0 amide bonds. The molecule has 1 aromatic rings. The zero-order valence-electron chi connectivity index (χ0n) is 11.3. The zero-order valence-corrected chi connectivity index (χ0v) is 12.1. The molecule has 0 bridgehead atoms. The molecule has 5 nitrogen and oxygen atoms in total. The molecule has 18 heavy (non-hydrogen) atoms. The van der Waals surface area contributed by atoms with E-state index in [2.05, 4.69) is 4.72 Å². The van der Waals surface area contributed by atoms with E-state index >= 15 is 0 Å². The molecule has 102 valence electrons. The summed E-state index contributed by atoms with van der Waals surface area (Å²) >= 11 is 0. The Morgan fingerprint density at radius 1 is 1.17 bits per heavy atom. The molecule has 1 rings (SSSR count). The van der Waals surface area contributed by atoms with E-state index in [1.807, 2.05) is 0 Å². The van der Waals surface area contributed by atoms with Gasteiger partial charge in [-0.05, 0) is 32.9 Å². The molecular weight excluding hydrogens is 254 g/mol. The van der Waals surface area contributed by atoms with Crippen molar-refractivity contribution >= 4 is 10.0 Å². The summed E-state index contributed by atoms with van der Waals surface area (Å²) in [5, 5.41) is 0. The fourth-order valence-electron chi connectivity index (χ4n) is 1.71. The van der Waals surface area contributed by atoms with Gasteiger partial charge in [-0.1, -0.05) is 0 Å². The van der Waals surface area contributed by atoms with E-state index in [0.29, 0.717) is 17.1 Å². The first kappa shape index (κ1) is 14.8. The number of nitrogens with one attached hydrogen (secondary N) is 1. The molecule has 0 aliphatic rings. The van der Waals surface area contributed by atoms with Gasteiger partial charge in [0.1, 0.15) is 16.4 Å². The lowest BCUT2D eigenvalue weighted by Crippen LogP contribution is -2.30. The monoisotopic (exact) mass is 273 g/mol. The first-order chi connectivity index (χ1) is 8.33. The molecule has 0 saturated carbocycles. The van der Waals surface area contributed by atoms with Crippen LogP contribution in [0, 0.1) is 6.92 Å². The normalized spacial score (nSPS) is 11.7. The number of methoxy groups -OCH3 is 2. The SMILES string of the molecule is COc1ccc(S(=O)(=O)NC(C)C)c(OC)c1C. The van der Waals surface area contributed by atoms with Crippen LogP contribution < -0.4 is 14.2 Å². The minimum Gasteiger partial charge on any atom is -0.496 e. The number of rotatable bonds is 5. The van der Waals surface area contributed by atoms with Crippen molar-refractivity contribution < 1.29 is 17.9 Å². The molecule has 0 aliphatic heterocycles. The van der Waals surface area contributed by atoms with Gasteiger partial charge in [0.05, 0.1) is 14.2 Å². The van der Waals surface area contributed by atoms with Crippen LogP contribution in [0.3, 0.4) is 0 Å². The Morgan fingerprint density at radius 2 is 1.78 bits per heavy atom. The standard InChI is InChI=1S/C12H19NO4S/c1-8(2)13-18(14,15)11-7-6-10(16-4)9(3)12(11)17-5/h6-8,13H,1-5H3. The zero-order chi connectivity index (χ0) is 13.9. The van der Waals surface area contributed by atoms with Crippen LogP contribution in [0.25, 0.3) is 0 Å². The van der Waals surface area contributed by atoms with Crippen molar-refractivity contribution in [3.05, 3.63) is 17.7 Å². The van der Waals surface area contributed by atoms with Crippen molar-refractivity contribution in [1.29, 1.82) is 0 Å². The van der Waals surface area contributed by atoms with Gasteiger partial charge in [0, 0.05) is 11.6 Å². The van der Waals surface area contributed by atoms with Crippen LogP contribution >= 0.6 is 0 Å². The van der Waals surface area contributed by atoms with E-state index in [0.717, 1.165) is 0 Å². The van der Waals surface area contributed by atoms with Gasteiger partial charge in [-0.3, -0.25) is 0 Å². The molecule has 0 aromatic heterocycles. The molecule has 0 heterocycles. The largest absolute Gasteiger partial charge is 0.496 e. The highest BCUT2D eigenvalue weighted by Gasteiger charge is 2.23. The predicted molar refractivity (Wildman–Crippen MR) is 69.7 cm³/mol. The first-order valence-corrected chi connectivity index (χ1v) is 7.05. The van der Waals surface area contributed by atoms with E-state index in [1.165, 1.54) is 20.3 Å². The molecule has 1 aromatic carbocycles. The summed E-state index contributed by atoms with van der Waals surface area (Å²) in [7, 11) is -0.610.